The van der Waals surface area contributed by atoms with Gasteiger partial charge in [-0.25, -0.2) is 0 Å². The van der Waals surface area contributed by atoms with Crippen LogP contribution in [-0.2, 0) is 5.41 Å². The summed E-state index contributed by atoms with van der Waals surface area (Å²) >= 11 is 0. The van der Waals surface area contributed by atoms with E-state index in [-0.39, 0.29) is 0 Å². The van der Waals surface area contributed by atoms with E-state index in [1.807, 2.05) is 0 Å². The van der Waals surface area contributed by atoms with Gasteiger partial charge in [0.2, 0.25) is 0 Å². The Morgan fingerprint density at radius 1 is 0.381 bits per heavy atom. The highest BCUT2D eigenvalue weighted by molar-refractivity contribution is 5.92. The van der Waals surface area contributed by atoms with Crippen LogP contribution >= 0.6 is 0 Å². The van der Waals surface area contributed by atoms with Crippen molar-refractivity contribution in [3.05, 3.63) is 166 Å². The molecule has 0 aromatic heterocycles. The van der Waals surface area contributed by atoms with Crippen molar-refractivity contribution in [1.29, 1.82) is 0 Å². The fraction of sp³-hybridized carbons (Fsp3) is 0.122. The second-order valence-electron chi connectivity index (χ2n) is 12.1. The van der Waals surface area contributed by atoms with Crippen LogP contribution in [0.3, 0.4) is 0 Å². The van der Waals surface area contributed by atoms with Gasteiger partial charge in [-0.2, -0.15) is 0 Å². The van der Waals surface area contributed by atoms with Crippen molar-refractivity contribution in [3.63, 3.8) is 0 Å². The van der Waals surface area contributed by atoms with E-state index in [9.17, 15) is 0 Å². The van der Waals surface area contributed by atoms with Gasteiger partial charge in [-0.3, -0.25) is 0 Å². The minimum atomic E-state index is -0.500. The van der Waals surface area contributed by atoms with E-state index in [0.717, 1.165) is 11.5 Å². The lowest BCUT2D eigenvalue weighted by Gasteiger charge is -2.39. The number of rotatable bonds is 2. The summed E-state index contributed by atoms with van der Waals surface area (Å²) in [5, 5.41) is 0. The predicted molar refractivity (Wildman–Crippen MR) is 174 cm³/mol. The molecule has 202 valence electrons. The summed E-state index contributed by atoms with van der Waals surface area (Å²) < 4.78 is 6.59. The first-order valence-corrected chi connectivity index (χ1v) is 14.8. The predicted octanol–water partition coefficient (Wildman–Crippen LogP) is 10.7. The maximum absolute atomic E-state index is 6.59. The number of hydrogen-bond donors (Lipinski definition) is 0. The van der Waals surface area contributed by atoms with Crippen LogP contribution in [0, 0.1) is 27.7 Å². The lowest BCUT2D eigenvalue weighted by Crippen LogP contribution is -2.32. The van der Waals surface area contributed by atoms with E-state index in [2.05, 4.69) is 149 Å². The molecule has 42 heavy (non-hydrogen) atoms. The summed E-state index contributed by atoms with van der Waals surface area (Å²) in [5.41, 5.74) is 17.2. The number of fused-ring (bicyclic) bond motifs is 9. The van der Waals surface area contributed by atoms with Crippen molar-refractivity contribution in [2.24, 2.45) is 0 Å². The molecule has 1 spiro atoms. The standard InChI is InChI=1S/C41H32O/c1-25-17-26(2)20-31(19-25)29-13-15-33-34-16-14-30(32-21-27(3)18-28(4)22-32)24-38(34)41(37(33)23-29)35-9-5-7-11-39(35)42-40-12-8-6-10-36(40)41/h5-24H,1-4H3. The third-order valence-corrected chi connectivity index (χ3v) is 9.05. The van der Waals surface area contributed by atoms with E-state index in [4.69, 9.17) is 4.74 Å². The Balaban J connectivity index is 1.48. The van der Waals surface area contributed by atoms with Crippen LogP contribution in [0.15, 0.2) is 121 Å². The fourth-order valence-electron chi connectivity index (χ4n) is 7.54. The first-order chi connectivity index (χ1) is 20.4. The zero-order valence-corrected chi connectivity index (χ0v) is 24.5. The van der Waals surface area contributed by atoms with E-state index in [1.54, 1.807) is 0 Å². The number of ether oxygens (including phenoxy) is 1. The van der Waals surface area contributed by atoms with Crippen LogP contribution in [0.25, 0.3) is 33.4 Å². The Kier molecular flexibility index (Phi) is 5.37. The SMILES string of the molecule is Cc1cc(C)cc(-c2ccc3c(c2)C2(c4ccccc4Oc4ccccc42)c2cc(-c4cc(C)cc(C)c4)ccc2-3)c1. The van der Waals surface area contributed by atoms with Crippen LogP contribution in [0.1, 0.15) is 44.5 Å². The van der Waals surface area contributed by atoms with Gasteiger partial charge in [-0.1, -0.05) is 119 Å². The molecule has 1 aliphatic heterocycles. The molecule has 0 bridgehead atoms. The van der Waals surface area contributed by atoms with Crippen molar-refractivity contribution >= 4 is 0 Å². The molecule has 0 saturated heterocycles. The lowest BCUT2D eigenvalue weighted by molar-refractivity contribution is 0.436. The number of para-hydroxylation sites is 2. The highest BCUT2D eigenvalue weighted by atomic mass is 16.5. The molecule has 6 aromatic carbocycles. The molecule has 0 atom stereocenters. The average molecular weight is 541 g/mol. The third-order valence-electron chi connectivity index (χ3n) is 9.05. The normalized spacial score (nSPS) is 13.6. The molecule has 0 radical (unpaired) electrons. The monoisotopic (exact) mass is 540 g/mol. The Hall–Kier alpha value is -4.88. The third kappa shape index (κ3) is 3.56. The van der Waals surface area contributed by atoms with Gasteiger partial charge in [-0.05, 0) is 96.5 Å². The highest BCUT2D eigenvalue weighted by Crippen LogP contribution is 2.62. The quantitative estimate of drug-likeness (QED) is 0.212. The molecule has 1 heterocycles. The van der Waals surface area contributed by atoms with Crippen molar-refractivity contribution < 1.29 is 4.74 Å². The number of aryl methyl sites for hydroxylation is 4. The first-order valence-electron chi connectivity index (χ1n) is 14.8. The molecular weight excluding hydrogens is 508 g/mol. The molecule has 2 aliphatic rings. The van der Waals surface area contributed by atoms with Crippen molar-refractivity contribution in [2.75, 3.05) is 0 Å². The van der Waals surface area contributed by atoms with E-state index in [1.165, 1.54) is 77.9 Å². The smallest absolute Gasteiger partial charge is 0.132 e. The molecule has 0 N–H and O–H groups in total. The molecule has 1 heteroatoms. The van der Waals surface area contributed by atoms with E-state index >= 15 is 0 Å². The van der Waals surface area contributed by atoms with Gasteiger partial charge in [0.05, 0.1) is 5.41 Å². The summed E-state index contributed by atoms with van der Waals surface area (Å²) in [6, 6.07) is 45.1. The first kappa shape index (κ1) is 24.9. The van der Waals surface area contributed by atoms with Crippen molar-refractivity contribution in [1.82, 2.24) is 0 Å². The van der Waals surface area contributed by atoms with Gasteiger partial charge in [-0.15, -0.1) is 0 Å². The summed E-state index contributed by atoms with van der Waals surface area (Å²) in [6.45, 7) is 8.73. The Labute approximate surface area is 248 Å². The largest absolute Gasteiger partial charge is 0.457 e. The minimum Gasteiger partial charge on any atom is -0.457 e. The van der Waals surface area contributed by atoms with Gasteiger partial charge in [0, 0.05) is 11.1 Å². The summed E-state index contributed by atoms with van der Waals surface area (Å²) in [7, 11) is 0. The molecule has 1 nitrogen and oxygen atoms in total. The summed E-state index contributed by atoms with van der Waals surface area (Å²) in [4.78, 5) is 0. The zero-order chi connectivity index (χ0) is 28.6. The molecular formula is C41H32O. The molecule has 0 saturated carbocycles. The van der Waals surface area contributed by atoms with E-state index in [0.29, 0.717) is 0 Å². The molecule has 1 aliphatic carbocycles. The molecule has 8 rings (SSSR count). The second-order valence-corrected chi connectivity index (χ2v) is 12.1. The van der Waals surface area contributed by atoms with Crippen LogP contribution in [0.2, 0.25) is 0 Å². The van der Waals surface area contributed by atoms with Crippen LogP contribution in [-0.4, -0.2) is 0 Å². The second kappa shape index (κ2) is 9.06. The van der Waals surface area contributed by atoms with Crippen LogP contribution in [0.5, 0.6) is 11.5 Å². The van der Waals surface area contributed by atoms with Gasteiger partial charge >= 0.3 is 0 Å². The zero-order valence-electron chi connectivity index (χ0n) is 24.5. The minimum absolute atomic E-state index is 0.500. The average Bonchev–Trinajstić information content (AvgIpc) is 3.26. The van der Waals surface area contributed by atoms with Gasteiger partial charge < -0.3 is 4.74 Å². The van der Waals surface area contributed by atoms with Gasteiger partial charge in [0.25, 0.3) is 0 Å². The number of benzene rings is 6. The van der Waals surface area contributed by atoms with E-state index < -0.39 is 5.41 Å². The van der Waals surface area contributed by atoms with Crippen LogP contribution in [0.4, 0.5) is 0 Å². The van der Waals surface area contributed by atoms with Gasteiger partial charge in [0.1, 0.15) is 11.5 Å². The Bertz CT molecular complexity index is 1870. The number of hydrogen-bond acceptors (Lipinski definition) is 1. The topological polar surface area (TPSA) is 9.23 Å². The summed E-state index contributed by atoms with van der Waals surface area (Å²) in [5.74, 6) is 1.84. The van der Waals surface area contributed by atoms with Gasteiger partial charge in [0.15, 0.2) is 0 Å². The maximum atomic E-state index is 6.59. The summed E-state index contributed by atoms with van der Waals surface area (Å²) in [6.07, 6.45) is 0. The Morgan fingerprint density at radius 2 is 0.786 bits per heavy atom. The Morgan fingerprint density at radius 3 is 1.21 bits per heavy atom. The molecule has 0 unspecified atom stereocenters. The van der Waals surface area contributed by atoms with Crippen molar-refractivity contribution in [2.45, 2.75) is 33.1 Å². The lowest BCUT2D eigenvalue weighted by atomic mass is 9.65. The molecule has 0 amide bonds. The van der Waals surface area contributed by atoms with Crippen LogP contribution < -0.4 is 4.74 Å². The maximum Gasteiger partial charge on any atom is 0.132 e. The molecule has 6 aromatic rings. The molecule has 0 fully saturated rings. The highest BCUT2D eigenvalue weighted by Gasteiger charge is 2.51. The fourth-order valence-corrected chi connectivity index (χ4v) is 7.54. The van der Waals surface area contributed by atoms with Crippen molar-refractivity contribution in [3.8, 4) is 44.9 Å².